The Labute approximate surface area is 179 Å². The quantitative estimate of drug-likeness (QED) is 0.558. The van der Waals surface area contributed by atoms with Gasteiger partial charge < -0.3 is 15.4 Å². The molecule has 1 heterocycles. The molecule has 0 bridgehead atoms. The number of aromatic nitrogens is 2. The highest BCUT2D eigenvalue weighted by atomic mass is 35.5. The summed E-state index contributed by atoms with van der Waals surface area (Å²) >= 11 is 5.87. The lowest BCUT2D eigenvalue weighted by Crippen LogP contribution is -2.36. The number of esters is 1. The van der Waals surface area contributed by atoms with Gasteiger partial charge in [0.25, 0.3) is 5.91 Å². The summed E-state index contributed by atoms with van der Waals surface area (Å²) in [6.45, 7) is 3.97. The summed E-state index contributed by atoms with van der Waals surface area (Å²) in [5.74, 6) is 0.295. The summed E-state index contributed by atoms with van der Waals surface area (Å²) < 4.78 is 4.91. The predicted octanol–water partition coefficient (Wildman–Crippen LogP) is 3.82. The molecule has 1 aromatic heterocycles. The molecule has 0 saturated carbocycles. The van der Waals surface area contributed by atoms with Crippen molar-refractivity contribution in [1.82, 2.24) is 15.3 Å². The predicted molar refractivity (Wildman–Crippen MR) is 116 cm³/mol. The SMILES string of the molecule is COC(=O)[C@@H](Nc1nc(CNC(=O)c2ccc(Cl)cc2)nc2ccccc12)C(C)C. The van der Waals surface area contributed by atoms with Crippen molar-refractivity contribution >= 4 is 40.2 Å². The largest absolute Gasteiger partial charge is 0.467 e. The van der Waals surface area contributed by atoms with E-state index in [0.717, 1.165) is 5.39 Å². The average molecular weight is 427 g/mol. The van der Waals surface area contributed by atoms with Crippen molar-refractivity contribution in [2.24, 2.45) is 5.92 Å². The van der Waals surface area contributed by atoms with Crippen molar-refractivity contribution in [3.8, 4) is 0 Å². The molecule has 30 heavy (non-hydrogen) atoms. The maximum atomic E-state index is 12.4. The van der Waals surface area contributed by atoms with Gasteiger partial charge in [0.05, 0.1) is 19.2 Å². The smallest absolute Gasteiger partial charge is 0.328 e. The van der Waals surface area contributed by atoms with Gasteiger partial charge in [-0.2, -0.15) is 0 Å². The van der Waals surface area contributed by atoms with E-state index in [1.807, 2.05) is 38.1 Å². The number of amides is 1. The molecular formula is C22H23ClN4O3. The Morgan fingerprint density at radius 3 is 2.43 bits per heavy atom. The Hall–Kier alpha value is -3.19. The molecule has 3 aromatic rings. The molecule has 0 saturated heterocycles. The van der Waals surface area contributed by atoms with E-state index >= 15 is 0 Å². The van der Waals surface area contributed by atoms with E-state index in [0.29, 0.717) is 27.7 Å². The van der Waals surface area contributed by atoms with Crippen LogP contribution in [-0.2, 0) is 16.1 Å². The second-order valence-corrected chi connectivity index (χ2v) is 7.52. The molecule has 156 valence electrons. The Morgan fingerprint density at radius 1 is 1.07 bits per heavy atom. The topological polar surface area (TPSA) is 93.2 Å². The molecular weight excluding hydrogens is 404 g/mol. The summed E-state index contributed by atoms with van der Waals surface area (Å²) in [4.78, 5) is 33.6. The molecule has 1 amide bonds. The lowest BCUT2D eigenvalue weighted by Gasteiger charge is -2.21. The second-order valence-electron chi connectivity index (χ2n) is 7.08. The number of hydrogen-bond acceptors (Lipinski definition) is 6. The van der Waals surface area contributed by atoms with E-state index in [9.17, 15) is 9.59 Å². The number of ether oxygens (including phenoxy) is 1. The van der Waals surface area contributed by atoms with Gasteiger partial charge in [-0.15, -0.1) is 0 Å². The molecule has 2 aromatic carbocycles. The van der Waals surface area contributed by atoms with Gasteiger partial charge in [0.1, 0.15) is 11.9 Å². The fourth-order valence-electron chi connectivity index (χ4n) is 2.95. The molecule has 3 rings (SSSR count). The number of benzene rings is 2. The number of fused-ring (bicyclic) bond motifs is 1. The molecule has 0 fully saturated rings. The van der Waals surface area contributed by atoms with Crippen LogP contribution in [-0.4, -0.2) is 35.0 Å². The van der Waals surface area contributed by atoms with Crippen molar-refractivity contribution in [2.45, 2.75) is 26.4 Å². The summed E-state index contributed by atoms with van der Waals surface area (Å²) in [5.41, 5.74) is 1.20. The van der Waals surface area contributed by atoms with E-state index in [-0.39, 0.29) is 24.3 Å². The molecule has 1 atom stereocenters. The first kappa shape index (κ1) is 21.5. The van der Waals surface area contributed by atoms with Crippen molar-refractivity contribution in [1.29, 1.82) is 0 Å². The highest BCUT2D eigenvalue weighted by molar-refractivity contribution is 6.30. The summed E-state index contributed by atoms with van der Waals surface area (Å²) in [5, 5.41) is 7.33. The van der Waals surface area contributed by atoms with Crippen LogP contribution in [0, 0.1) is 5.92 Å². The van der Waals surface area contributed by atoms with E-state index in [2.05, 4.69) is 20.6 Å². The number of hydrogen-bond donors (Lipinski definition) is 2. The highest BCUT2D eigenvalue weighted by Crippen LogP contribution is 2.22. The number of carbonyl (C=O) groups excluding carboxylic acids is 2. The zero-order valence-electron chi connectivity index (χ0n) is 17.0. The van der Waals surface area contributed by atoms with Gasteiger partial charge in [-0.3, -0.25) is 4.79 Å². The molecule has 0 aliphatic carbocycles. The van der Waals surface area contributed by atoms with Crippen molar-refractivity contribution in [3.05, 3.63) is 64.9 Å². The van der Waals surface area contributed by atoms with Crippen LogP contribution >= 0.6 is 11.6 Å². The lowest BCUT2D eigenvalue weighted by atomic mass is 10.0. The van der Waals surface area contributed by atoms with E-state index < -0.39 is 6.04 Å². The molecule has 8 heteroatoms. The second kappa shape index (κ2) is 9.54. The zero-order chi connectivity index (χ0) is 21.7. The Bertz CT molecular complexity index is 1050. The van der Waals surface area contributed by atoms with Gasteiger partial charge in [-0.1, -0.05) is 37.6 Å². The number of nitrogens with zero attached hydrogens (tertiary/aromatic N) is 2. The first-order chi connectivity index (χ1) is 14.4. The van der Waals surface area contributed by atoms with Crippen LogP contribution in [0.15, 0.2) is 48.5 Å². The standard InChI is InChI=1S/C22H23ClN4O3/c1-13(2)19(22(29)30-3)27-20-16-6-4-5-7-17(16)25-18(26-20)12-24-21(28)14-8-10-15(23)11-9-14/h4-11,13,19H,12H2,1-3H3,(H,24,28)(H,25,26,27)/t19-/m0/s1. The van der Waals surface area contributed by atoms with E-state index in [4.69, 9.17) is 16.3 Å². The van der Waals surface area contributed by atoms with Gasteiger partial charge in [-0.05, 0) is 42.3 Å². The lowest BCUT2D eigenvalue weighted by molar-refractivity contribution is -0.142. The fraction of sp³-hybridized carbons (Fsp3) is 0.273. The normalized spacial score (nSPS) is 11.9. The Kier molecular flexibility index (Phi) is 6.84. The number of para-hydroxylation sites is 1. The maximum absolute atomic E-state index is 12.4. The summed E-state index contributed by atoms with van der Waals surface area (Å²) in [6, 6.07) is 13.5. The first-order valence-corrected chi connectivity index (χ1v) is 9.90. The molecule has 0 radical (unpaired) electrons. The number of nitrogens with one attached hydrogen (secondary N) is 2. The first-order valence-electron chi connectivity index (χ1n) is 9.53. The minimum Gasteiger partial charge on any atom is -0.467 e. The van der Waals surface area contributed by atoms with E-state index in [1.54, 1.807) is 24.3 Å². The Balaban J connectivity index is 1.86. The third kappa shape index (κ3) is 5.04. The number of anilines is 1. The van der Waals surface area contributed by atoms with Crippen LogP contribution < -0.4 is 10.6 Å². The van der Waals surface area contributed by atoms with Gasteiger partial charge in [0, 0.05) is 16.0 Å². The number of methoxy groups -OCH3 is 1. The number of carbonyl (C=O) groups is 2. The van der Waals surface area contributed by atoms with Crippen LogP contribution in [0.1, 0.15) is 30.0 Å². The maximum Gasteiger partial charge on any atom is 0.328 e. The van der Waals surface area contributed by atoms with E-state index in [1.165, 1.54) is 7.11 Å². The summed E-state index contributed by atoms with van der Waals surface area (Å²) in [6.07, 6.45) is 0. The molecule has 2 N–H and O–H groups in total. The Morgan fingerprint density at radius 2 is 1.77 bits per heavy atom. The van der Waals surface area contributed by atoms with Gasteiger partial charge in [0.2, 0.25) is 0 Å². The molecule has 7 nitrogen and oxygen atoms in total. The highest BCUT2D eigenvalue weighted by Gasteiger charge is 2.24. The van der Waals surface area contributed by atoms with Crippen LogP contribution in [0.4, 0.5) is 5.82 Å². The molecule has 0 spiro atoms. The van der Waals surface area contributed by atoms with Crippen LogP contribution in [0.5, 0.6) is 0 Å². The van der Waals surface area contributed by atoms with Crippen molar-refractivity contribution in [2.75, 3.05) is 12.4 Å². The van der Waals surface area contributed by atoms with Gasteiger partial charge in [0.15, 0.2) is 5.82 Å². The summed E-state index contributed by atoms with van der Waals surface area (Å²) in [7, 11) is 1.36. The average Bonchev–Trinajstić information content (AvgIpc) is 2.75. The van der Waals surface area contributed by atoms with Crippen LogP contribution in [0.25, 0.3) is 10.9 Å². The zero-order valence-corrected chi connectivity index (χ0v) is 17.7. The van der Waals surface area contributed by atoms with Gasteiger partial charge >= 0.3 is 5.97 Å². The third-order valence-electron chi connectivity index (χ3n) is 4.58. The minimum absolute atomic E-state index is 0.0146. The van der Waals surface area contributed by atoms with Crippen molar-refractivity contribution < 1.29 is 14.3 Å². The van der Waals surface area contributed by atoms with Crippen LogP contribution in [0.2, 0.25) is 5.02 Å². The monoisotopic (exact) mass is 426 g/mol. The fourth-order valence-corrected chi connectivity index (χ4v) is 3.07. The molecule has 0 aliphatic rings. The molecule has 0 aliphatic heterocycles. The minimum atomic E-state index is -0.565. The number of rotatable bonds is 7. The molecule has 0 unspecified atom stereocenters. The number of halogens is 1. The third-order valence-corrected chi connectivity index (χ3v) is 4.83. The van der Waals surface area contributed by atoms with Crippen LogP contribution in [0.3, 0.4) is 0 Å². The van der Waals surface area contributed by atoms with Crippen molar-refractivity contribution in [3.63, 3.8) is 0 Å². The van der Waals surface area contributed by atoms with Gasteiger partial charge in [-0.25, -0.2) is 14.8 Å².